The van der Waals surface area contributed by atoms with Crippen molar-refractivity contribution in [2.75, 3.05) is 6.61 Å². The van der Waals surface area contributed by atoms with E-state index >= 15 is 0 Å². The third-order valence-corrected chi connectivity index (χ3v) is 7.56. The first-order valence-electron chi connectivity index (χ1n) is 16.3. The zero-order chi connectivity index (χ0) is 26.5. The number of ether oxygens (including phenoxy) is 1. The minimum atomic E-state index is -0.0194. The van der Waals surface area contributed by atoms with Crippen LogP contribution in [0.4, 0.5) is 0 Å². The van der Waals surface area contributed by atoms with E-state index in [-0.39, 0.29) is 5.97 Å². The molecule has 0 heterocycles. The molecule has 0 saturated carbocycles. The van der Waals surface area contributed by atoms with E-state index in [1.165, 1.54) is 116 Å². The molecule has 0 aliphatic carbocycles. The predicted molar refractivity (Wildman–Crippen MR) is 157 cm³/mol. The summed E-state index contributed by atoms with van der Waals surface area (Å²) >= 11 is 0. The van der Waals surface area contributed by atoms with E-state index in [1.54, 1.807) is 0 Å². The van der Waals surface area contributed by atoms with Gasteiger partial charge in [0.2, 0.25) is 0 Å². The van der Waals surface area contributed by atoms with Gasteiger partial charge in [-0.1, -0.05) is 136 Å². The van der Waals surface area contributed by atoms with Crippen molar-refractivity contribution in [1.29, 1.82) is 0 Å². The smallest absolute Gasteiger partial charge is 0.305 e. The van der Waals surface area contributed by atoms with Crippen molar-refractivity contribution < 1.29 is 14.3 Å². The van der Waals surface area contributed by atoms with Crippen LogP contribution in [0.25, 0.3) is 0 Å². The Kier molecular flexibility index (Phi) is 28.0. The van der Waals surface area contributed by atoms with Crippen molar-refractivity contribution >= 4 is 11.8 Å². The molecule has 0 aliphatic rings. The summed E-state index contributed by atoms with van der Waals surface area (Å²) in [5, 5.41) is 0. The molecule has 0 radical (unpaired) electrons. The third kappa shape index (κ3) is 26.2. The molecule has 214 valence electrons. The van der Waals surface area contributed by atoms with E-state index in [1.807, 2.05) is 0 Å². The Morgan fingerprint density at radius 2 is 0.833 bits per heavy atom. The fourth-order valence-corrected chi connectivity index (χ4v) is 5.02. The Morgan fingerprint density at radius 1 is 0.472 bits per heavy atom. The molecule has 0 aromatic carbocycles. The largest absolute Gasteiger partial charge is 0.465 e. The fourth-order valence-electron chi connectivity index (χ4n) is 5.02. The topological polar surface area (TPSA) is 43.4 Å². The maximum atomic E-state index is 12.3. The maximum Gasteiger partial charge on any atom is 0.305 e. The average Bonchev–Trinajstić information content (AvgIpc) is 2.88. The first-order valence-corrected chi connectivity index (χ1v) is 16.3. The summed E-state index contributed by atoms with van der Waals surface area (Å²) in [5.41, 5.74) is 0. The number of carbonyl (C=O) groups is 2. The second kappa shape index (κ2) is 28.7. The van der Waals surface area contributed by atoms with Crippen molar-refractivity contribution in [1.82, 2.24) is 0 Å². The zero-order valence-electron chi connectivity index (χ0n) is 24.9. The minimum absolute atomic E-state index is 0.0194. The molecule has 0 aromatic rings. The number of hydrogen-bond donors (Lipinski definition) is 0. The van der Waals surface area contributed by atoms with Crippen LogP contribution in [0, 0.1) is 5.92 Å². The van der Waals surface area contributed by atoms with Crippen LogP contribution in [0.15, 0.2) is 0 Å². The highest BCUT2D eigenvalue weighted by Crippen LogP contribution is 2.20. The molecule has 3 nitrogen and oxygen atoms in total. The molecule has 0 spiro atoms. The van der Waals surface area contributed by atoms with Crippen molar-refractivity contribution in [3.63, 3.8) is 0 Å². The van der Waals surface area contributed by atoms with Gasteiger partial charge in [-0.15, -0.1) is 0 Å². The van der Waals surface area contributed by atoms with Crippen LogP contribution in [0.2, 0.25) is 0 Å². The van der Waals surface area contributed by atoms with Gasteiger partial charge >= 0.3 is 5.97 Å². The Morgan fingerprint density at radius 3 is 1.28 bits per heavy atom. The lowest BCUT2D eigenvalue weighted by molar-refractivity contribution is -0.145. The van der Waals surface area contributed by atoms with Gasteiger partial charge in [-0.25, -0.2) is 0 Å². The Balaban J connectivity index is 3.92. The number of Topliss-reactive ketones (excluding diaryl/α,β-unsaturated/α-hetero) is 1. The van der Waals surface area contributed by atoms with Crippen LogP contribution in [0.1, 0.15) is 188 Å². The van der Waals surface area contributed by atoms with E-state index in [9.17, 15) is 9.59 Å². The number of unbranched alkanes of at least 4 members (excludes halogenated alkanes) is 17. The van der Waals surface area contributed by atoms with E-state index < -0.39 is 0 Å². The van der Waals surface area contributed by atoms with Crippen molar-refractivity contribution in [2.24, 2.45) is 5.92 Å². The summed E-state index contributed by atoms with van der Waals surface area (Å²) in [7, 11) is 0. The number of carbonyl (C=O) groups excluding carboxylic acids is 2. The normalized spacial score (nSPS) is 11.3. The van der Waals surface area contributed by atoms with E-state index in [0.717, 1.165) is 44.9 Å². The predicted octanol–water partition coefficient (Wildman–Crippen LogP) is 10.9. The molecule has 0 bridgehead atoms. The van der Waals surface area contributed by atoms with E-state index in [2.05, 4.69) is 20.8 Å². The first-order chi connectivity index (χ1) is 17.6. The summed E-state index contributed by atoms with van der Waals surface area (Å²) in [4.78, 5) is 24.3. The van der Waals surface area contributed by atoms with Gasteiger partial charge in [0.1, 0.15) is 5.78 Å². The quantitative estimate of drug-likeness (QED) is 0.0745. The molecule has 0 saturated heterocycles. The first kappa shape index (κ1) is 35.1. The van der Waals surface area contributed by atoms with Gasteiger partial charge in [0, 0.05) is 19.3 Å². The highest BCUT2D eigenvalue weighted by molar-refractivity contribution is 5.78. The number of ketones is 1. The molecule has 0 unspecified atom stereocenters. The SMILES string of the molecule is CCCCCCCCC(CCCCCCCC)COC(=O)CCCCCCC(=O)CCCCCCC. The average molecular weight is 509 g/mol. The van der Waals surface area contributed by atoms with Crippen molar-refractivity contribution in [2.45, 2.75) is 188 Å². The summed E-state index contributed by atoms with van der Waals surface area (Å²) in [6, 6.07) is 0. The van der Waals surface area contributed by atoms with Gasteiger partial charge in [0.15, 0.2) is 0 Å². The van der Waals surface area contributed by atoms with Gasteiger partial charge in [0.25, 0.3) is 0 Å². The highest BCUT2D eigenvalue weighted by Gasteiger charge is 2.12. The van der Waals surface area contributed by atoms with Crippen molar-refractivity contribution in [3.8, 4) is 0 Å². The van der Waals surface area contributed by atoms with Crippen LogP contribution in [0.3, 0.4) is 0 Å². The molecule has 0 fully saturated rings. The lowest BCUT2D eigenvalue weighted by Crippen LogP contribution is -2.14. The molecule has 0 aliphatic heterocycles. The van der Waals surface area contributed by atoms with Gasteiger partial charge in [-0.3, -0.25) is 9.59 Å². The molecule has 0 rings (SSSR count). The minimum Gasteiger partial charge on any atom is -0.465 e. The van der Waals surface area contributed by atoms with Gasteiger partial charge in [-0.05, 0) is 38.0 Å². The lowest BCUT2D eigenvalue weighted by atomic mass is 9.94. The highest BCUT2D eigenvalue weighted by atomic mass is 16.5. The number of esters is 1. The summed E-state index contributed by atoms with van der Waals surface area (Å²) in [5.74, 6) is 0.945. The third-order valence-electron chi connectivity index (χ3n) is 7.56. The molecule has 0 amide bonds. The van der Waals surface area contributed by atoms with Crippen LogP contribution in [-0.2, 0) is 14.3 Å². The van der Waals surface area contributed by atoms with Crippen LogP contribution in [-0.4, -0.2) is 18.4 Å². The maximum absolute atomic E-state index is 12.3. The molecule has 0 N–H and O–H groups in total. The van der Waals surface area contributed by atoms with E-state index in [4.69, 9.17) is 4.74 Å². The zero-order valence-corrected chi connectivity index (χ0v) is 24.9. The number of hydrogen-bond acceptors (Lipinski definition) is 3. The summed E-state index contributed by atoms with van der Waals surface area (Å²) < 4.78 is 5.72. The molecule has 0 atom stereocenters. The molecule has 3 heteroatoms. The Hall–Kier alpha value is -0.860. The molecule has 0 aromatic heterocycles. The second-order valence-corrected chi connectivity index (χ2v) is 11.3. The second-order valence-electron chi connectivity index (χ2n) is 11.3. The summed E-state index contributed by atoms with van der Waals surface area (Å²) in [6.07, 6.45) is 30.4. The van der Waals surface area contributed by atoms with E-state index in [0.29, 0.717) is 24.7 Å². The van der Waals surface area contributed by atoms with Crippen LogP contribution < -0.4 is 0 Å². The molecular weight excluding hydrogens is 444 g/mol. The standard InChI is InChI=1S/C33H64O3/c1-4-7-10-13-16-20-25-31(26-21-17-14-11-8-5-2)30-36-33(35)29-24-19-18-23-28-32(34)27-22-15-12-9-6-3/h31H,4-30H2,1-3H3. The van der Waals surface area contributed by atoms with Crippen LogP contribution in [0.5, 0.6) is 0 Å². The summed E-state index contributed by atoms with van der Waals surface area (Å²) in [6.45, 7) is 7.37. The number of rotatable bonds is 29. The molecule has 36 heavy (non-hydrogen) atoms. The van der Waals surface area contributed by atoms with Gasteiger partial charge < -0.3 is 4.74 Å². The van der Waals surface area contributed by atoms with Crippen LogP contribution >= 0.6 is 0 Å². The lowest BCUT2D eigenvalue weighted by Gasteiger charge is -2.17. The Bertz CT molecular complexity index is 458. The Labute approximate surface area is 226 Å². The van der Waals surface area contributed by atoms with Crippen molar-refractivity contribution in [3.05, 3.63) is 0 Å². The monoisotopic (exact) mass is 508 g/mol. The molecular formula is C33H64O3. The van der Waals surface area contributed by atoms with Gasteiger partial charge in [0.05, 0.1) is 6.61 Å². The fraction of sp³-hybridized carbons (Fsp3) is 0.939. The van der Waals surface area contributed by atoms with Gasteiger partial charge in [-0.2, -0.15) is 0 Å².